The number of hydrogen-bond donors (Lipinski definition) is 1. The Bertz CT molecular complexity index is 384. The number of nitrogens with one attached hydrogen (secondary N) is 1. The molecule has 2 atom stereocenters. The fourth-order valence-corrected chi connectivity index (χ4v) is 3.15. The minimum absolute atomic E-state index is 0.0587. The quantitative estimate of drug-likeness (QED) is 0.794. The highest BCUT2D eigenvalue weighted by Crippen LogP contribution is 2.29. The second-order valence-corrected chi connectivity index (χ2v) is 5.59. The molecule has 2 unspecified atom stereocenters. The maximum atomic E-state index is 5.40. The van der Waals surface area contributed by atoms with E-state index in [-0.39, 0.29) is 6.10 Å². The van der Waals surface area contributed by atoms with Crippen molar-refractivity contribution in [2.24, 2.45) is 5.92 Å². The largest absolute Gasteiger partial charge is 0.373 e. The normalized spacial score (nSPS) is 19.4. The van der Waals surface area contributed by atoms with Crippen molar-refractivity contribution in [3.05, 3.63) is 11.7 Å². The fraction of sp³-hybridized carbons (Fsp3) is 0.867. The van der Waals surface area contributed by atoms with E-state index in [0.29, 0.717) is 11.9 Å². The van der Waals surface area contributed by atoms with E-state index in [1.54, 1.807) is 7.11 Å². The number of aromatic nitrogens is 2. The van der Waals surface area contributed by atoms with Crippen LogP contribution in [-0.2, 0) is 11.2 Å². The topological polar surface area (TPSA) is 60.2 Å². The Balaban J connectivity index is 1.99. The number of hydrogen-bond acceptors (Lipinski definition) is 5. The highest BCUT2D eigenvalue weighted by Gasteiger charge is 2.26. The van der Waals surface area contributed by atoms with Gasteiger partial charge in [0.25, 0.3) is 0 Å². The van der Waals surface area contributed by atoms with Gasteiger partial charge in [0.05, 0.1) is 0 Å². The zero-order chi connectivity index (χ0) is 14.4. The zero-order valence-corrected chi connectivity index (χ0v) is 12.9. The molecule has 0 radical (unpaired) electrons. The second-order valence-electron chi connectivity index (χ2n) is 5.59. The monoisotopic (exact) mass is 281 g/mol. The molecule has 1 fully saturated rings. The minimum atomic E-state index is -0.0587. The van der Waals surface area contributed by atoms with Crippen LogP contribution in [0.25, 0.3) is 0 Å². The predicted octanol–water partition coefficient (Wildman–Crippen LogP) is 2.88. The lowest BCUT2D eigenvalue weighted by Crippen LogP contribution is -2.37. The Morgan fingerprint density at radius 3 is 2.70 bits per heavy atom. The summed E-state index contributed by atoms with van der Waals surface area (Å²) in [7, 11) is 1.68. The van der Waals surface area contributed by atoms with Crippen molar-refractivity contribution in [3.63, 3.8) is 0 Å². The summed E-state index contributed by atoms with van der Waals surface area (Å²) in [4.78, 5) is 4.50. The Morgan fingerprint density at radius 1 is 1.35 bits per heavy atom. The molecule has 1 heterocycles. The van der Waals surface area contributed by atoms with Crippen LogP contribution in [0.15, 0.2) is 4.52 Å². The van der Waals surface area contributed by atoms with Gasteiger partial charge in [-0.1, -0.05) is 31.8 Å². The van der Waals surface area contributed by atoms with Gasteiger partial charge in [0, 0.05) is 19.6 Å². The summed E-state index contributed by atoms with van der Waals surface area (Å²) in [5.74, 6) is 2.15. The van der Waals surface area contributed by atoms with E-state index in [1.807, 2.05) is 0 Å². The third-order valence-electron chi connectivity index (χ3n) is 4.26. The standard InChI is InChI=1S/C15H27N3O2/c1-4-13(19-3)15-17-14(20-18-15)10-12(16-5-2)11-8-6-7-9-11/h11-13,16H,4-10H2,1-3H3. The number of likely N-dealkylation sites (N-methyl/N-ethyl adjacent to an activating group) is 1. The van der Waals surface area contributed by atoms with Crippen LogP contribution in [0.2, 0.25) is 0 Å². The van der Waals surface area contributed by atoms with Crippen molar-refractivity contribution >= 4 is 0 Å². The molecule has 0 amide bonds. The SMILES string of the molecule is CCNC(Cc1nc(C(CC)OC)no1)C1CCCC1. The summed E-state index contributed by atoms with van der Waals surface area (Å²) in [6.07, 6.45) is 6.95. The first-order valence-corrected chi connectivity index (χ1v) is 7.87. The first-order chi connectivity index (χ1) is 9.78. The van der Waals surface area contributed by atoms with Crippen LogP contribution in [0.3, 0.4) is 0 Å². The van der Waals surface area contributed by atoms with E-state index in [0.717, 1.165) is 31.2 Å². The van der Waals surface area contributed by atoms with Crippen molar-refractivity contribution in [1.82, 2.24) is 15.5 Å². The van der Waals surface area contributed by atoms with E-state index in [4.69, 9.17) is 9.26 Å². The van der Waals surface area contributed by atoms with Gasteiger partial charge in [0.1, 0.15) is 6.10 Å². The molecule has 1 saturated carbocycles. The molecule has 0 spiro atoms. The molecule has 1 aromatic heterocycles. The second kappa shape index (κ2) is 7.74. The van der Waals surface area contributed by atoms with E-state index < -0.39 is 0 Å². The smallest absolute Gasteiger partial charge is 0.228 e. The number of rotatable bonds is 8. The van der Waals surface area contributed by atoms with Crippen molar-refractivity contribution in [2.75, 3.05) is 13.7 Å². The number of ether oxygens (including phenoxy) is 1. The highest BCUT2D eigenvalue weighted by atomic mass is 16.5. The van der Waals surface area contributed by atoms with Crippen LogP contribution >= 0.6 is 0 Å². The van der Waals surface area contributed by atoms with E-state index in [1.165, 1.54) is 25.7 Å². The molecule has 0 aromatic carbocycles. The van der Waals surface area contributed by atoms with Crippen molar-refractivity contribution < 1.29 is 9.26 Å². The summed E-state index contributed by atoms with van der Waals surface area (Å²) in [6.45, 7) is 5.20. The molecule has 114 valence electrons. The highest BCUT2D eigenvalue weighted by molar-refractivity contribution is 4.95. The molecule has 5 nitrogen and oxygen atoms in total. The summed E-state index contributed by atoms with van der Waals surface area (Å²) in [5.41, 5.74) is 0. The Hall–Kier alpha value is -0.940. The molecule has 1 N–H and O–H groups in total. The van der Waals surface area contributed by atoms with Gasteiger partial charge in [0.2, 0.25) is 11.7 Å². The molecular weight excluding hydrogens is 254 g/mol. The van der Waals surface area contributed by atoms with Crippen LogP contribution < -0.4 is 5.32 Å². The van der Waals surface area contributed by atoms with Gasteiger partial charge < -0.3 is 14.6 Å². The molecule has 1 aliphatic carbocycles. The zero-order valence-electron chi connectivity index (χ0n) is 12.9. The summed E-state index contributed by atoms with van der Waals surface area (Å²) < 4.78 is 10.8. The predicted molar refractivity (Wildman–Crippen MR) is 77.5 cm³/mol. The molecule has 0 saturated heterocycles. The van der Waals surface area contributed by atoms with Gasteiger partial charge in [-0.15, -0.1) is 0 Å². The summed E-state index contributed by atoms with van der Waals surface area (Å²) in [6, 6.07) is 0.457. The van der Waals surface area contributed by atoms with Gasteiger partial charge in [-0.05, 0) is 31.7 Å². The minimum Gasteiger partial charge on any atom is -0.373 e. The lowest BCUT2D eigenvalue weighted by molar-refractivity contribution is 0.0903. The van der Waals surface area contributed by atoms with Gasteiger partial charge in [-0.25, -0.2) is 0 Å². The van der Waals surface area contributed by atoms with Crippen LogP contribution in [0.1, 0.15) is 63.8 Å². The van der Waals surface area contributed by atoms with Gasteiger partial charge >= 0.3 is 0 Å². The first-order valence-electron chi connectivity index (χ1n) is 7.87. The Morgan fingerprint density at radius 2 is 2.10 bits per heavy atom. The van der Waals surface area contributed by atoms with Crippen molar-refractivity contribution in [1.29, 1.82) is 0 Å². The first kappa shape index (κ1) is 15.4. The Labute approximate surface area is 121 Å². The molecule has 0 aliphatic heterocycles. The lowest BCUT2D eigenvalue weighted by Gasteiger charge is -2.22. The molecular formula is C15H27N3O2. The third-order valence-corrected chi connectivity index (χ3v) is 4.26. The molecule has 0 bridgehead atoms. The van der Waals surface area contributed by atoms with Crippen LogP contribution in [0, 0.1) is 5.92 Å². The Kier molecular flexibility index (Phi) is 5.98. The van der Waals surface area contributed by atoms with Gasteiger partial charge in [-0.3, -0.25) is 0 Å². The van der Waals surface area contributed by atoms with E-state index in [2.05, 4.69) is 29.3 Å². The maximum Gasteiger partial charge on any atom is 0.228 e. The molecule has 1 aliphatic rings. The van der Waals surface area contributed by atoms with Gasteiger partial charge in [0.15, 0.2) is 0 Å². The number of methoxy groups -OCH3 is 1. The average Bonchev–Trinajstić information content (AvgIpc) is 3.11. The van der Waals surface area contributed by atoms with E-state index >= 15 is 0 Å². The van der Waals surface area contributed by atoms with Gasteiger partial charge in [-0.2, -0.15) is 4.98 Å². The van der Waals surface area contributed by atoms with Crippen LogP contribution in [-0.4, -0.2) is 29.8 Å². The summed E-state index contributed by atoms with van der Waals surface area (Å²) >= 11 is 0. The van der Waals surface area contributed by atoms with Crippen LogP contribution in [0.4, 0.5) is 0 Å². The molecule has 1 aromatic rings. The third kappa shape index (κ3) is 3.79. The average molecular weight is 281 g/mol. The van der Waals surface area contributed by atoms with Crippen molar-refractivity contribution in [2.45, 2.75) is 64.5 Å². The van der Waals surface area contributed by atoms with Crippen LogP contribution in [0.5, 0.6) is 0 Å². The fourth-order valence-electron chi connectivity index (χ4n) is 3.15. The molecule has 2 rings (SSSR count). The lowest BCUT2D eigenvalue weighted by atomic mass is 9.95. The molecule has 5 heteroatoms. The molecule has 20 heavy (non-hydrogen) atoms. The maximum absolute atomic E-state index is 5.40. The van der Waals surface area contributed by atoms with E-state index in [9.17, 15) is 0 Å². The summed E-state index contributed by atoms with van der Waals surface area (Å²) in [5, 5.41) is 7.64. The van der Waals surface area contributed by atoms with Crippen molar-refractivity contribution in [3.8, 4) is 0 Å². The number of nitrogens with zero attached hydrogens (tertiary/aromatic N) is 2.